The molecule has 2 aromatic carbocycles. The molecule has 2 aromatic rings. The van der Waals surface area contributed by atoms with Crippen molar-refractivity contribution in [3.8, 4) is 5.75 Å². The van der Waals surface area contributed by atoms with E-state index in [0.29, 0.717) is 17.9 Å². The number of nitrogens with zero attached hydrogens (tertiary/aromatic N) is 1. The van der Waals surface area contributed by atoms with E-state index in [0.717, 1.165) is 4.31 Å². The Balaban J connectivity index is 1.58. The van der Waals surface area contributed by atoms with Crippen molar-refractivity contribution in [2.45, 2.75) is 24.5 Å². The molecular weight excluding hydrogens is 460 g/mol. The van der Waals surface area contributed by atoms with Crippen LogP contribution >= 0.6 is 0 Å². The van der Waals surface area contributed by atoms with Crippen LogP contribution in [-0.4, -0.2) is 63.4 Å². The first-order valence-electron chi connectivity index (χ1n) is 10.9. The van der Waals surface area contributed by atoms with Gasteiger partial charge in [0.05, 0.1) is 25.2 Å². The first-order chi connectivity index (χ1) is 16.3. The molecule has 0 saturated carbocycles. The van der Waals surface area contributed by atoms with Gasteiger partial charge in [-0.05, 0) is 48.4 Å². The third-order valence-electron chi connectivity index (χ3n) is 5.21. The number of nitrogens with one attached hydrogen (secondary N) is 1. The number of methoxy groups -OCH3 is 1. The Morgan fingerprint density at radius 1 is 1.15 bits per heavy atom. The highest BCUT2D eigenvalue weighted by Crippen LogP contribution is 2.24. The van der Waals surface area contributed by atoms with Gasteiger partial charge in [-0.2, -0.15) is 4.31 Å². The molecule has 0 bridgehead atoms. The second kappa shape index (κ2) is 12.0. The van der Waals surface area contributed by atoms with E-state index >= 15 is 0 Å². The highest BCUT2D eigenvalue weighted by molar-refractivity contribution is 7.89. The Morgan fingerprint density at radius 2 is 1.85 bits per heavy atom. The molecule has 1 aliphatic heterocycles. The van der Waals surface area contributed by atoms with Crippen LogP contribution in [-0.2, 0) is 24.3 Å². The number of rotatable bonds is 11. The van der Waals surface area contributed by atoms with E-state index in [1.54, 1.807) is 30.3 Å². The summed E-state index contributed by atoms with van der Waals surface area (Å²) in [5.74, 6) is 0.354. The van der Waals surface area contributed by atoms with Gasteiger partial charge in [0, 0.05) is 25.2 Å². The maximum Gasteiger partial charge on any atom is 0.290 e. The van der Waals surface area contributed by atoms with Gasteiger partial charge in [0.25, 0.3) is 5.91 Å². The minimum Gasteiger partial charge on any atom is -0.497 e. The van der Waals surface area contributed by atoms with Gasteiger partial charge in [0.2, 0.25) is 16.3 Å². The van der Waals surface area contributed by atoms with Crippen LogP contribution in [0.15, 0.2) is 71.3 Å². The van der Waals surface area contributed by atoms with Crippen LogP contribution < -0.4 is 10.1 Å². The summed E-state index contributed by atoms with van der Waals surface area (Å²) in [6.45, 7) is 1.57. The van der Waals surface area contributed by atoms with Crippen molar-refractivity contribution < 1.29 is 32.5 Å². The average molecular weight is 491 g/mol. The quantitative estimate of drug-likeness (QED) is 0.498. The van der Waals surface area contributed by atoms with Gasteiger partial charge >= 0.3 is 0 Å². The number of carbonyl (C=O) groups is 1. The maximum absolute atomic E-state index is 13.0. The van der Waals surface area contributed by atoms with Crippen molar-refractivity contribution in [3.05, 3.63) is 66.4 Å². The molecule has 184 valence electrons. The van der Waals surface area contributed by atoms with E-state index in [1.807, 2.05) is 25.1 Å². The minimum atomic E-state index is -3.84. The summed E-state index contributed by atoms with van der Waals surface area (Å²) in [7, 11) is -2.34. The molecule has 2 atom stereocenters. The van der Waals surface area contributed by atoms with Gasteiger partial charge in [-0.1, -0.05) is 25.1 Å². The largest absolute Gasteiger partial charge is 0.497 e. The maximum atomic E-state index is 13.0. The molecule has 0 aromatic heterocycles. The molecular formula is C24H30N2O7S. The number of anilines is 1. The van der Waals surface area contributed by atoms with Crippen molar-refractivity contribution in [2.24, 2.45) is 5.92 Å². The van der Waals surface area contributed by atoms with Crippen molar-refractivity contribution in [1.29, 1.82) is 0 Å². The fourth-order valence-electron chi connectivity index (χ4n) is 3.45. The molecule has 1 heterocycles. The van der Waals surface area contributed by atoms with E-state index < -0.39 is 16.3 Å². The average Bonchev–Trinajstić information content (AvgIpc) is 2.83. The molecule has 0 spiro atoms. The standard InChI is InChI=1S/C24H30N2O7S/c1-18-16-22(24(28)25-19-6-4-3-5-7-19)33-23(17-18)32-15-13-26(12-14-27)34(29,30)21-10-8-20(31-2)9-11-21/h3-11,16,18,23,27H,12-15,17H2,1-2H3,(H,25,28)/t18-,23+/m0/s1. The van der Waals surface area contributed by atoms with Crippen LogP contribution in [0.25, 0.3) is 0 Å². The molecule has 0 fully saturated rings. The van der Waals surface area contributed by atoms with Crippen molar-refractivity contribution >= 4 is 21.6 Å². The van der Waals surface area contributed by atoms with Crippen LogP contribution in [0.4, 0.5) is 5.69 Å². The molecule has 0 unspecified atom stereocenters. The van der Waals surface area contributed by atoms with Crippen LogP contribution in [0.2, 0.25) is 0 Å². The lowest BCUT2D eigenvalue weighted by atomic mass is 10.0. The van der Waals surface area contributed by atoms with E-state index in [1.165, 1.54) is 19.2 Å². The van der Waals surface area contributed by atoms with Gasteiger partial charge in [-0.25, -0.2) is 8.42 Å². The van der Waals surface area contributed by atoms with E-state index in [9.17, 15) is 18.3 Å². The van der Waals surface area contributed by atoms with E-state index in [-0.39, 0.29) is 48.8 Å². The smallest absolute Gasteiger partial charge is 0.290 e. The lowest BCUT2D eigenvalue weighted by molar-refractivity contribution is -0.145. The molecule has 2 N–H and O–H groups in total. The second-order valence-electron chi connectivity index (χ2n) is 7.79. The zero-order valence-electron chi connectivity index (χ0n) is 19.2. The van der Waals surface area contributed by atoms with Crippen molar-refractivity contribution in [2.75, 3.05) is 38.7 Å². The van der Waals surface area contributed by atoms with Gasteiger partial charge in [-0.3, -0.25) is 4.79 Å². The van der Waals surface area contributed by atoms with E-state index in [2.05, 4.69) is 5.32 Å². The minimum absolute atomic E-state index is 0.0123. The second-order valence-corrected chi connectivity index (χ2v) is 9.72. The Hall–Kier alpha value is -2.92. The molecule has 1 aliphatic rings. The first kappa shape index (κ1) is 25.7. The van der Waals surface area contributed by atoms with Gasteiger partial charge in [0.1, 0.15) is 5.75 Å². The topological polar surface area (TPSA) is 114 Å². The zero-order chi connectivity index (χ0) is 24.6. The van der Waals surface area contributed by atoms with Crippen molar-refractivity contribution in [1.82, 2.24) is 4.31 Å². The molecule has 0 saturated heterocycles. The molecule has 3 rings (SSSR count). The summed E-state index contributed by atoms with van der Waals surface area (Å²) in [4.78, 5) is 12.7. The third-order valence-corrected chi connectivity index (χ3v) is 7.12. The van der Waals surface area contributed by atoms with Gasteiger partial charge in [-0.15, -0.1) is 0 Å². The van der Waals surface area contributed by atoms with Gasteiger partial charge in [0.15, 0.2) is 5.76 Å². The normalized spacial score (nSPS) is 18.2. The SMILES string of the molecule is COc1ccc(S(=O)(=O)N(CCO)CCO[C@H]2C[C@@H](C)C=C(C(=O)Nc3ccccc3)O2)cc1. The summed E-state index contributed by atoms with van der Waals surface area (Å²) in [6, 6.07) is 15.1. The Kier molecular flexibility index (Phi) is 9.05. The third kappa shape index (κ3) is 6.80. The number of hydrogen-bond donors (Lipinski definition) is 2. The molecule has 10 heteroatoms. The number of ether oxygens (including phenoxy) is 3. The lowest BCUT2D eigenvalue weighted by Gasteiger charge is -2.28. The lowest BCUT2D eigenvalue weighted by Crippen LogP contribution is -2.37. The molecule has 9 nitrogen and oxygen atoms in total. The summed E-state index contributed by atoms with van der Waals surface area (Å²) >= 11 is 0. The summed E-state index contributed by atoms with van der Waals surface area (Å²) in [5.41, 5.74) is 0.649. The number of sulfonamides is 1. The van der Waals surface area contributed by atoms with E-state index in [4.69, 9.17) is 14.2 Å². The zero-order valence-corrected chi connectivity index (χ0v) is 20.0. The van der Waals surface area contributed by atoms with Crippen LogP contribution in [0.1, 0.15) is 13.3 Å². The number of allylic oxidation sites excluding steroid dienone is 1. The summed E-state index contributed by atoms with van der Waals surface area (Å²) in [6.07, 6.45) is 1.56. The number of benzene rings is 2. The molecule has 1 amide bonds. The monoisotopic (exact) mass is 490 g/mol. The Morgan fingerprint density at radius 3 is 2.50 bits per heavy atom. The number of amides is 1. The molecule has 34 heavy (non-hydrogen) atoms. The molecule has 0 aliphatic carbocycles. The summed E-state index contributed by atoms with van der Waals surface area (Å²) < 4.78 is 43.7. The fourth-order valence-corrected chi connectivity index (χ4v) is 4.87. The van der Waals surface area contributed by atoms with Gasteiger partial charge < -0.3 is 24.6 Å². The predicted molar refractivity (Wildman–Crippen MR) is 127 cm³/mol. The number of aliphatic hydroxyl groups is 1. The number of aliphatic hydroxyl groups excluding tert-OH is 1. The number of para-hydroxylation sites is 1. The Labute approximate surface area is 200 Å². The predicted octanol–water partition coefficient (Wildman–Crippen LogP) is 2.60. The van der Waals surface area contributed by atoms with Crippen LogP contribution in [0.5, 0.6) is 5.75 Å². The highest BCUT2D eigenvalue weighted by atomic mass is 32.2. The summed E-state index contributed by atoms with van der Waals surface area (Å²) in [5, 5.41) is 12.2. The Bertz CT molecular complexity index is 1070. The highest BCUT2D eigenvalue weighted by Gasteiger charge is 2.28. The van der Waals surface area contributed by atoms with Crippen LogP contribution in [0.3, 0.4) is 0 Å². The number of hydrogen-bond acceptors (Lipinski definition) is 7. The molecule has 0 radical (unpaired) electrons. The first-order valence-corrected chi connectivity index (χ1v) is 12.4. The van der Waals surface area contributed by atoms with Crippen molar-refractivity contribution in [3.63, 3.8) is 0 Å². The van der Waals surface area contributed by atoms with Crippen LogP contribution in [0, 0.1) is 5.92 Å². The number of carbonyl (C=O) groups excluding carboxylic acids is 1. The fraction of sp³-hybridized carbons (Fsp3) is 0.375.